The SMILES string of the molecule is Cc1nsc(NC(=O)CCC(C)N)n1. The van der Waals surface area contributed by atoms with Crippen molar-refractivity contribution in [3.05, 3.63) is 5.82 Å². The van der Waals surface area contributed by atoms with Gasteiger partial charge in [0.25, 0.3) is 0 Å². The van der Waals surface area contributed by atoms with Crippen LogP contribution in [-0.4, -0.2) is 21.3 Å². The number of nitrogens with two attached hydrogens (primary N) is 1. The number of aromatic nitrogens is 2. The van der Waals surface area contributed by atoms with E-state index in [0.29, 0.717) is 23.8 Å². The summed E-state index contributed by atoms with van der Waals surface area (Å²) in [5.41, 5.74) is 5.53. The Hall–Kier alpha value is -1.01. The van der Waals surface area contributed by atoms with Gasteiger partial charge in [-0.2, -0.15) is 4.37 Å². The molecule has 0 saturated heterocycles. The van der Waals surface area contributed by atoms with Crippen LogP contribution in [-0.2, 0) is 4.79 Å². The van der Waals surface area contributed by atoms with Crippen LogP contribution in [0.2, 0.25) is 0 Å². The normalized spacial score (nSPS) is 12.5. The molecule has 78 valence electrons. The van der Waals surface area contributed by atoms with Gasteiger partial charge in [-0.25, -0.2) is 4.98 Å². The van der Waals surface area contributed by atoms with Gasteiger partial charge in [0.15, 0.2) is 0 Å². The number of hydrogen-bond acceptors (Lipinski definition) is 5. The maximum Gasteiger partial charge on any atom is 0.226 e. The molecule has 1 aromatic heterocycles. The minimum Gasteiger partial charge on any atom is -0.328 e. The van der Waals surface area contributed by atoms with Crippen molar-refractivity contribution in [2.45, 2.75) is 32.7 Å². The molecule has 0 aliphatic carbocycles. The van der Waals surface area contributed by atoms with E-state index in [0.717, 1.165) is 0 Å². The first-order valence-electron chi connectivity index (χ1n) is 4.43. The molecule has 1 rings (SSSR count). The summed E-state index contributed by atoms with van der Waals surface area (Å²) in [5, 5.41) is 3.22. The van der Waals surface area contributed by atoms with Crippen LogP contribution in [0.5, 0.6) is 0 Å². The molecule has 0 fully saturated rings. The number of hydrogen-bond donors (Lipinski definition) is 2. The van der Waals surface area contributed by atoms with Crippen LogP contribution in [0.1, 0.15) is 25.6 Å². The van der Waals surface area contributed by atoms with Crippen LogP contribution in [0, 0.1) is 6.92 Å². The highest BCUT2D eigenvalue weighted by Crippen LogP contribution is 2.10. The quantitative estimate of drug-likeness (QED) is 0.780. The van der Waals surface area contributed by atoms with Crippen molar-refractivity contribution in [3.8, 4) is 0 Å². The van der Waals surface area contributed by atoms with Gasteiger partial charge in [0.2, 0.25) is 11.0 Å². The lowest BCUT2D eigenvalue weighted by Gasteiger charge is -2.03. The Morgan fingerprint density at radius 3 is 2.93 bits per heavy atom. The second-order valence-electron chi connectivity index (χ2n) is 3.21. The molecule has 0 radical (unpaired) electrons. The van der Waals surface area contributed by atoms with Crippen LogP contribution >= 0.6 is 11.5 Å². The maximum atomic E-state index is 11.3. The summed E-state index contributed by atoms with van der Waals surface area (Å²) in [5.74, 6) is 0.621. The van der Waals surface area contributed by atoms with E-state index in [9.17, 15) is 4.79 Å². The summed E-state index contributed by atoms with van der Waals surface area (Å²) in [6.07, 6.45) is 1.11. The van der Waals surface area contributed by atoms with Crippen molar-refractivity contribution in [3.63, 3.8) is 0 Å². The molecule has 0 aliphatic heterocycles. The molecule has 1 heterocycles. The average molecular weight is 214 g/mol. The van der Waals surface area contributed by atoms with Crippen molar-refractivity contribution in [1.82, 2.24) is 9.36 Å². The van der Waals surface area contributed by atoms with Gasteiger partial charge in [-0.15, -0.1) is 0 Å². The van der Waals surface area contributed by atoms with Crippen molar-refractivity contribution in [1.29, 1.82) is 0 Å². The van der Waals surface area contributed by atoms with E-state index >= 15 is 0 Å². The van der Waals surface area contributed by atoms with Gasteiger partial charge in [-0.3, -0.25) is 4.79 Å². The summed E-state index contributed by atoms with van der Waals surface area (Å²) in [4.78, 5) is 15.3. The highest BCUT2D eigenvalue weighted by molar-refractivity contribution is 7.09. The number of nitrogens with one attached hydrogen (secondary N) is 1. The third-order valence-corrected chi connectivity index (χ3v) is 2.32. The Kier molecular flexibility index (Phi) is 3.97. The van der Waals surface area contributed by atoms with Gasteiger partial charge in [0.05, 0.1) is 0 Å². The first-order valence-corrected chi connectivity index (χ1v) is 5.21. The first-order chi connectivity index (χ1) is 6.58. The number of anilines is 1. The zero-order valence-electron chi connectivity index (χ0n) is 8.28. The number of carbonyl (C=O) groups is 1. The third kappa shape index (κ3) is 3.80. The number of nitrogens with zero attached hydrogens (tertiary/aromatic N) is 2. The summed E-state index contributed by atoms with van der Waals surface area (Å²) < 4.78 is 3.96. The van der Waals surface area contributed by atoms with E-state index in [1.54, 1.807) is 6.92 Å². The molecule has 0 bridgehead atoms. The largest absolute Gasteiger partial charge is 0.328 e. The third-order valence-electron chi connectivity index (χ3n) is 1.60. The van der Waals surface area contributed by atoms with Crippen LogP contribution in [0.4, 0.5) is 5.13 Å². The molecule has 1 amide bonds. The summed E-state index contributed by atoms with van der Waals surface area (Å²) in [6, 6.07) is 0.0527. The summed E-state index contributed by atoms with van der Waals surface area (Å²) in [6.45, 7) is 3.66. The molecule has 6 heteroatoms. The zero-order valence-corrected chi connectivity index (χ0v) is 9.10. The summed E-state index contributed by atoms with van der Waals surface area (Å²) >= 11 is 1.19. The molecule has 3 N–H and O–H groups in total. The highest BCUT2D eigenvalue weighted by atomic mass is 32.1. The predicted octanol–water partition coefficient (Wildman–Crippen LogP) is 0.912. The van der Waals surface area contributed by atoms with E-state index in [1.165, 1.54) is 11.5 Å². The Morgan fingerprint density at radius 1 is 1.71 bits per heavy atom. The minimum atomic E-state index is -0.0570. The predicted molar refractivity (Wildman–Crippen MR) is 56.2 cm³/mol. The molecule has 1 atom stereocenters. The topological polar surface area (TPSA) is 80.9 Å². The standard InChI is InChI=1S/C8H14N4OS/c1-5(9)3-4-7(13)11-8-10-6(2)12-14-8/h5H,3-4,9H2,1-2H3,(H,10,11,12,13). The van der Waals surface area contributed by atoms with Gasteiger partial charge in [-0.1, -0.05) is 0 Å². The van der Waals surface area contributed by atoms with E-state index in [2.05, 4.69) is 14.7 Å². The molecule has 0 spiro atoms. The molecule has 1 unspecified atom stereocenters. The molecule has 5 nitrogen and oxygen atoms in total. The highest BCUT2D eigenvalue weighted by Gasteiger charge is 2.06. The number of rotatable bonds is 4. The van der Waals surface area contributed by atoms with Gasteiger partial charge >= 0.3 is 0 Å². The first kappa shape index (κ1) is 11.1. The molecular weight excluding hydrogens is 200 g/mol. The van der Waals surface area contributed by atoms with Crippen molar-refractivity contribution < 1.29 is 4.79 Å². The molecule has 14 heavy (non-hydrogen) atoms. The molecule has 0 aromatic carbocycles. The van der Waals surface area contributed by atoms with E-state index in [4.69, 9.17) is 5.73 Å². The van der Waals surface area contributed by atoms with Crippen molar-refractivity contribution >= 4 is 22.6 Å². The lowest BCUT2D eigenvalue weighted by atomic mass is 10.2. The fourth-order valence-corrected chi connectivity index (χ4v) is 1.48. The zero-order chi connectivity index (χ0) is 10.6. The molecule has 1 aromatic rings. The Morgan fingerprint density at radius 2 is 2.43 bits per heavy atom. The van der Waals surface area contributed by atoms with E-state index in [1.807, 2.05) is 6.92 Å². The number of aryl methyl sites for hydroxylation is 1. The Labute approximate surface area is 86.9 Å². The average Bonchev–Trinajstić information content (AvgIpc) is 2.48. The van der Waals surface area contributed by atoms with Gasteiger partial charge in [0.1, 0.15) is 5.82 Å². The fourth-order valence-electron chi connectivity index (χ4n) is 0.888. The van der Waals surface area contributed by atoms with Gasteiger partial charge < -0.3 is 11.1 Å². The number of amides is 1. The Bertz CT molecular complexity index is 310. The van der Waals surface area contributed by atoms with Crippen LogP contribution in [0.3, 0.4) is 0 Å². The number of carbonyl (C=O) groups excluding carboxylic acids is 1. The lowest BCUT2D eigenvalue weighted by Crippen LogP contribution is -2.19. The van der Waals surface area contributed by atoms with E-state index < -0.39 is 0 Å². The lowest BCUT2D eigenvalue weighted by molar-refractivity contribution is -0.116. The second-order valence-corrected chi connectivity index (χ2v) is 3.96. The second kappa shape index (κ2) is 5.02. The Balaban J connectivity index is 2.34. The maximum absolute atomic E-state index is 11.3. The molecule has 0 saturated carbocycles. The van der Waals surface area contributed by atoms with Crippen LogP contribution in [0.25, 0.3) is 0 Å². The fraction of sp³-hybridized carbons (Fsp3) is 0.625. The molecular formula is C8H14N4OS. The van der Waals surface area contributed by atoms with Gasteiger partial charge in [0, 0.05) is 24.0 Å². The minimum absolute atomic E-state index is 0.0527. The van der Waals surface area contributed by atoms with E-state index in [-0.39, 0.29) is 11.9 Å². The smallest absolute Gasteiger partial charge is 0.226 e. The molecule has 0 aliphatic rings. The van der Waals surface area contributed by atoms with Gasteiger partial charge in [-0.05, 0) is 20.3 Å². The van der Waals surface area contributed by atoms with Crippen molar-refractivity contribution in [2.75, 3.05) is 5.32 Å². The monoisotopic (exact) mass is 214 g/mol. The van der Waals surface area contributed by atoms with Crippen molar-refractivity contribution in [2.24, 2.45) is 5.73 Å². The van der Waals surface area contributed by atoms with Crippen LogP contribution < -0.4 is 11.1 Å². The van der Waals surface area contributed by atoms with Crippen LogP contribution in [0.15, 0.2) is 0 Å². The summed E-state index contributed by atoms with van der Waals surface area (Å²) in [7, 11) is 0.